The fraction of sp³-hybridized carbons (Fsp3) is 0.533. The third-order valence-electron chi connectivity index (χ3n) is 3.85. The van der Waals surface area contributed by atoms with E-state index in [1.165, 1.54) is 0 Å². The molecule has 1 fully saturated rings. The molecule has 0 radical (unpaired) electrons. The van der Waals surface area contributed by atoms with E-state index in [0.29, 0.717) is 6.42 Å². The lowest BCUT2D eigenvalue weighted by Gasteiger charge is -2.38. The van der Waals surface area contributed by atoms with E-state index in [1.807, 2.05) is 52.0 Å². The number of halogens is 1. The van der Waals surface area contributed by atoms with Crippen molar-refractivity contribution >= 4 is 27.5 Å². The zero-order chi connectivity index (χ0) is 15.2. The summed E-state index contributed by atoms with van der Waals surface area (Å²) in [6, 6.07) is 7.68. The molecule has 1 aliphatic heterocycles. The lowest BCUT2D eigenvalue weighted by Crippen LogP contribution is -2.61. The Morgan fingerprint density at radius 3 is 2.45 bits per heavy atom. The summed E-state index contributed by atoms with van der Waals surface area (Å²) in [6.07, 6.45) is 0.523. The van der Waals surface area contributed by atoms with Crippen LogP contribution in [0.4, 0.5) is 5.69 Å². The normalized spacial score (nSPS) is 27.2. The Kier molecular flexibility index (Phi) is 3.63. The van der Waals surface area contributed by atoms with E-state index in [-0.39, 0.29) is 0 Å². The molecule has 1 saturated heterocycles. The van der Waals surface area contributed by atoms with E-state index >= 15 is 0 Å². The SMILES string of the molecule is CC1(C)CC(Nc2cccc(Br)c2)(C(N)=O)C(C)(C)O1. The number of anilines is 1. The van der Waals surface area contributed by atoms with Crippen LogP contribution in [-0.2, 0) is 9.53 Å². The van der Waals surface area contributed by atoms with Crippen molar-refractivity contribution in [2.45, 2.75) is 50.9 Å². The molecule has 1 amide bonds. The summed E-state index contributed by atoms with van der Waals surface area (Å²) in [4.78, 5) is 12.2. The molecule has 4 nitrogen and oxygen atoms in total. The predicted octanol–water partition coefficient (Wildman–Crippen LogP) is 3.06. The molecule has 1 atom stereocenters. The van der Waals surface area contributed by atoms with Crippen molar-refractivity contribution in [3.63, 3.8) is 0 Å². The minimum Gasteiger partial charge on any atom is -0.369 e. The molecule has 1 aromatic rings. The molecule has 20 heavy (non-hydrogen) atoms. The lowest BCUT2D eigenvalue weighted by atomic mass is 9.78. The number of amides is 1. The Labute approximate surface area is 128 Å². The maximum absolute atomic E-state index is 12.2. The van der Waals surface area contributed by atoms with Gasteiger partial charge in [-0.05, 0) is 45.9 Å². The van der Waals surface area contributed by atoms with Crippen LogP contribution in [0.1, 0.15) is 34.1 Å². The number of ether oxygens (including phenoxy) is 1. The molecule has 1 aromatic carbocycles. The summed E-state index contributed by atoms with van der Waals surface area (Å²) in [6.45, 7) is 7.75. The van der Waals surface area contributed by atoms with E-state index in [0.717, 1.165) is 10.2 Å². The van der Waals surface area contributed by atoms with Crippen LogP contribution in [0.5, 0.6) is 0 Å². The van der Waals surface area contributed by atoms with Gasteiger partial charge in [-0.2, -0.15) is 0 Å². The lowest BCUT2D eigenvalue weighted by molar-refractivity contribution is -0.129. The molecule has 0 aliphatic carbocycles. The molecule has 1 aliphatic rings. The predicted molar refractivity (Wildman–Crippen MR) is 83.6 cm³/mol. The smallest absolute Gasteiger partial charge is 0.246 e. The quantitative estimate of drug-likeness (QED) is 0.888. The molecule has 0 spiro atoms. The van der Waals surface area contributed by atoms with E-state index in [1.54, 1.807) is 0 Å². The van der Waals surface area contributed by atoms with Crippen LogP contribution in [0.15, 0.2) is 28.7 Å². The summed E-state index contributed by atoms with van der Waals surface area (Å²) in [7, 11) is 0. The number of nitrogens with two attached hydrogens (primary N) is 1. The number of hydrogen-bond donors (Lipinski definition) is 2. The van der Waals surface area contributed by atoms with E-state index in [9.17, 15) is 4.79 Å². The van der Waals surface area contributed by atoms with Gasteiger partial charge in [0.25, 0.3) is 0 Å². The topological polar surface area (TPSA) is 64.3 Å². The number of nitrogens with one attached hydrogen (secondary N) is 1. The van der Waals surface area contributed by atoms with Gasteiger partial charge in [-0.25, -0.2) is 0 Å². The summed E-state index contributed by atoms with van der Waals surface area (Å²) >= 11 is 3.43. The highest BCUT2D eigenvalue weighted by molar-refractivity contribution is 9.10. The van der Waals surface area contributed by atoms with Crippen molar-refractivity contribution in [2.75, 3.05) is 5.32 Å². The molecule has 1 heterocycles. The van der Waals surface area contributed by atoms with Crippen molar-refractivity contribution in [3.8, 4) is 0 Å². The molecular weight excluding hydrogens is 320 g/mol. The number of hydrogen-bond acceptors (Lipinski definition) is 3. The molecular formula is C15H21BrN2O2. The van der Waals surface area contributed by atoms with Crippen LogP contribution >= 0.6 is 15.9 Å². The number of carbonyl (C=O) groups excluding carboxylic acids is 1. The summed E-state index contributed by atoms with van der Waals surface area (Å²) < 4.78 is 6.98. The maximum Gasteiger partial charge on any atom is 0.246 e. The number of rotatable bonds is 3. The number of benzene rings is 1. The molecule has 5 heteroatoms. The number of primary amides is 1. The highest BCUT2D eigenvalue weighted by atomic mass is 79.9. The highest BCUT2D eigenvalue weighted by Crippen LogP contribution is 2.46. The van der Waals surface area contributed by atoms with Gasteiger partial charge in [-0.3, -0.25) is 4.79 Å². The second-order valence-corrected chi connectivity index (χ2v) is 7.37. The van der Waals surface area contributed by atoms with E-state index < -0.39 is 22.6 Å². The monoisotopic (exact) mass is 340 g/mol. The zero-order valence-corrected chi connectivity index (χ0v) is 13.9. The van der Waals surface area contributed by atoms with Gasteiger partial charge in [-0.1, -0.05) is 22.0 Å². The van der Waals surface area contributed by atoms with E-state index in [2.05, 4.69) is 21.2 Å². The minimum absolute atomic E-state index is 0.395. The first kappa shape index (κ1) is 15.3. The van der Waals surface area contributed by atoms with Gasteiger partial charge in [0.1, 0.15) is 5.54 Å². The standard InChI is InChI=1S/C15H21BrN2O2/c1-13(2)9-15(12(17)19,14(3,4)20-13)18-11-7-5-6-10(16)8-11/h5-8,18H,9H2,1-4H3,(H2,17,19). The largest absolute Gasteiger partial charge is 0.369 e. The highest BCUT2D eigenvalue weighted by Gasteiger charge is 2.61. The van der Waals surface area contributed by atoms with E-state index in [4.69, 9.17) is 10.5 Å². The Morgan fingerprint density at radius 2 is 2.00 bits per heavy atom. The minimum atomic E-state index is -0.933. The first-order valence-electron chi connectivity index (χ1n) is 6.62. The third-order valence-corrected chi connectivity index (χ3v) is 4.35. The molecule has 2 rings (SSSR count). The van der Waals surface area contributed by atoms with Gasteiger partial charge < -0.3 is 15.8 Å². The molecule has 0 bridgehead atoms. The second-order valence-electron chi connectivity index (χ2n) is 6.45. The van der Waals surface area contributed by atoms with Gasteiger partial charge in [0.15, 0.2) is 0 Å². The van der Waals surface area contributed by atoms with Crippen LogP contribution in [0.25, 0.3) is 0 Å². The number of carbonyl (C=O) groups is 1. The van der Waals surface area contributed by atoms with Crippen LogP contribution < -0.4 is 11.1 Å². The van der Waals surface area contributed by atoms with Crippen LogP contribution in [-0.4, -0.2) is 22.6 Å². The van der Waals surface area contributed by atoms with Crippen molar-refractivity contribution in [3.05, 3.63) is 28.7 Å². The summed E-state index contributed by atoms with van der Waals surface area (Å²) in [5.74, 6) is -0.395. The van der Waals surface area contributed by atoms with Crippen molar-refractivity contribution < 1.29 is 9.53 Å². The molecule has 0 saturated carbocycles. The Hall–Kier alpha value is -1.07. The van der Waals surface area contributed by atoms with Gasteiger partial charge in [0, 0.05) is 16.6 Å². The van der Waals surface area contributed by atoms with Crippen LogP contribution in [0, 0.1) is 0 Å². The third kappa shape index (κ3) is 2.56. The Bertz CT molecular complexity index is 542. The Balaban J connectivity index is 2.44. The molecule has 1 unspecified atom stereocenters. The van der Waals surface area contributed by atoms with Crippen LogP contribution in [0.3, 0.4) is 0 Å². The van der Waals surface area contributed by atoms with Gasteiger partial charge in [-0.15, -0.1) is 0 Å². The first-order chi connectivity index (χ1) is 9.08. The second kappa shape index (κ2) is 4.74. The fourth-order valence-electron chi connectivity index (χ4n) is 3.12. The molecule has 110 valence electrons. The average molecular weight is 341 g/mol. The molecule has 0 aromatic heterocycles. The van der Waals surface area contributed by atoms with Gasteiger partial charge >= 0.3 is 0 Å². The molecule has 3 N–H and O–H groups in total. The fourth-order valence-corrected chi connectivity index (χ4v) is 3.52. The van der Waals surface area contributed by atoms with Crippen molar-refractivity contribution in [1.29, 1.82) is 0 Å². The first-order valence-corrected chi connectivity index (χ1v) is 7.41. The van der Waals surface area contributed by atoms with Crippen molar-refractivity contribution in [1.82, 2.24) is 0 Å². The summed E-state index contributed by atoms with van der Waals surface area (Å²) in [5.41, 5.74) is 4.53. The van der Waals surface area contributed by atoms with Gasteiger partial charge in [0.2, 0.25) is 5.91 Å². The van der Waals surface area contributed by atoms with Crippen molar-refractivity contribution in [2.24, 2.45) is 5.73 Å². The zero-order valence-electron chi connectivity index (χ0n) is 12.3. The Morgan fingerprint density at radius 1 is 1.35 bits per heavy atom. The maximum atomic E-state index is 12.2. The van der Waals surface area contributed by atoms with Gasteiger partial charge in [0.05, 0.1) is 11.2 Å². The average Bonchev–Trinajstić information content (AvgIpc) is 2.44. The van der Waals surface area contributed by atoms with Crippen LogP contribution in [0.2, 0.25) is 0 Å². The summed E-state index contributed by atoms with van der Waals surface area (Å²) in [5, 5.41) is 3.31.